The molecule has 1 saturated carbocycles. The van der Waals surface area contributed by atoms with Crippen LogP contribution in [0.3, 0.4) is 0 Å². The van der Waals surface area contributed by atoms with Gasteiger partial charge in [-0.1, -0.05) is 70.5 Å². The number of aryl methyl sites for hydroxylation is 1. The van der Waals surface area contributed by atoms with E-state index < -0.39 is 10.0 Å². The zero-order valence-corrected chi connectivity index (χ0v) is 25.5. The summed E-state index contributed by atoms with van der Waals surface area (Å²) in [6, 6.07) is 19.2. The van der Waals surface area contributed by atoms with Crippen molar-refractivity contribution in [1.82, 2.24) is 0 Å². The molecule has 3 aromatic carbocycles. The number of hydrogen-bond acceptors (Lipinski definition) is 5. The van der Waals surface area contributed by atoms with Gasteiger partial charge < -0.3 is 5.32 Å². The van der Waals surface area contributed by atoms with E-state index in [4.69, 9.17) is 0 Å². The van der Waals surface area contributed by atoms with E-state index in [1.165, 1.54) is 23.1 Å². The standard InChI is InChI=1S/C33H41N3O4S/c1-22(2)24-9-14-28-26(19-24)11-16-31-32(3,17-6-18-33(28,31)4)21-34-29-15-10-25(20-30(29)36(37)38)23-7-12-27(13-8-23)35-41(5,39)40/h7-10,12-15,19-20,22,31,34-35H,6,11,16-18,21H2,1-5H3/t31-,32+,33+/m0/s1. The van der Waals surface area contributed by atoms with Crippen LogP contribution in [0.5, 0.6) is 0 Å². The summed E-state index contributed by atoms with van der Waals surface area (Å²) in [4.78, 5) is 11.8. The van der Waals surface area contributed by atoms with E-state index in [-0.39, 0.29) is 21.4 Å². The van der Waals surface area contributed by atoms with Crippen LogP contribution in [0.1, 0.15) is 76.0 Å². The van der Waals surface area contributed by atoms with Crippen LogP contribution in [-0.2, 0) is 21.9 Å². The molecule has 8 heteroatoms. The van der Waals surface area contributed by atoms with Gasteiger partial charge in [-0.3, -0.25) is 14.8 Å². The minimum atomic E-state index is -3.38. The van der Waals surface area contributed by atoms with Crippen molar-refractivity contribution >= 4 is 27.1 Å². The summed E-state index contributed by atoms with van der Waals surface area (Å²) in [5, 5.41) is 15.6. The Morgan fingerprint density at radius 2 is 1.71 bits per heavy atom. The first-order valence-corrected chi connectivity index (χ1v) is 16.4. The van der Waals surface area contributed by atoms with Gasteiger partial charge in [0.25, 0.3) is 5.69 Å². The van der Waals surface area contributed by atoms with E-state index in [1.54, 1.807) is 36.4 Å². The maximum atomic E-state index is 12.1. The normalized spacial score (nSPS) is 23.9. The first-order chi connectivity index (χ1) is 19.3. The Morgan fingerprint density at radius 3 is 2.37 bits per heavy atom. The quantitative estimate of drug-likeness (QED) is 0.210. The van der Waals surface area contributed by atoms with Crippen molar-refractivity contribution in [2.75, 3.05) is 22.8 Å². The monoisotopic (exact) mass is 575 g/mol. The van der Waals surface area contributed by atoms with Gasteiger partial charge in [-0.15, -0.1) is 0 Å². The number of rotatable bonds is 8. The predicted octanol–water partition coefficient (Wildman–Crippen LogP) is 7.88. The third-order valence-corrected chi connectivity index (χ3v) is 10.2. The Morgan fingerprint density at radius 1 is 1.00 bits per heavy atom. The average Bonchev–Trinajstić information content (AvgIpc) is 2.91. The van der Waals surface area contributed by atoms with Crippen molar-refractivity contribution in [1.29, 1.82) is 0 Å². The molecule has 0 aromatic heterocycles. The van der Waals surface area contributed by atoms with Crippen molar-refractivity contribution in [2.45, 2.75) is 71.1 Å². The molecule has 3 aromatic rings. The van der Waals surface area contributed by atoms with Crippen molar-refractivity contribution in [2.24, 2.45) is 11.3 Å². The molecule has 0 aliphatic heterocycles. The molecular formula is C33H41N3O4S. The smallest absolute Gasteiger partial charge is 0.292 e. The van der Waals surface area contributed by atoms with Crippen molar-refractivity contribution in [3.05, 3.63) is 87.5 Å². The van der Waals surface area contributed by atoms with Crippen molar-refractivity contribution in [3.63, 3.8) is 0 Å². The summed E-state index contributed by atoms with van der Waals surface area (Å²) in [7, 11) is -3.38. The Bertz CT molecular complexity index is 1570. The summed E-state index contributed by atoms with van der Waals surface area (Å²) in [5.74, 6) is 1.01. The average molecular weight is 576 g/mol. The second-order valence-electron chi connectivity index (χ2n) is 12.9. The third kappa shape index (κ3) is 5.85. The fraction of sp³-hybridized carbons (Fsp3) is 0.455. The number of nitrogens with zero attached hydrogens (tertiary/aromatic N) is 1. The molecule has 2 N–H and O–H groups in total. The van der Waals surface area contributed by atoms with E-state index in [9.17, 15) is 18.5 Å². The number of nitro benzene ring substituents is 1. The summed E-state index contributed by atoms with van der Waals surface area (Å²) in [5.41, 5.74) is 7.01. The second kappa shape index (κ2) is 10.8. The highest BCUT2D eigenvalue weighted by Gasteiger charge is 2.51. The minimum absolute atomic E-state index is 0.0103. The van der Waals surface area contributed by atoms with Crippen LogP contribution in [0.2, 0.25) is 0 Å². The van der Waals surface area contributed by atoms with E-state index in [0.717, 1.165) is 37.5 Å². The molecule has 7 nitrogen and oxygen atoms in total. The highest BCUT2D eigenvalue weighted by atomic mass is 32.2. The zero-order chi connectivity index (χ0) is 29.6. The Balaban J connectivity index is 1.37. The highest BCUT2D eigenvalue weighted by molar-refractivity contribution is 7.92. The molecule has 3 atom stereocenters. The highest BCUT2D eigenvalue weighted by Crippen LogP contribution is 2.57. The van der Waals surface area contributed by atoms with E-state index >= 15 is 0 Å². The van der Waals surface area contributed by atoms with Crippen LogP contribution < -0.4 is 10.0 Å². The lowest BCUT2D eigenvalue weighted by Crippen LogP contribution is -2.51. The summed E-state index contributed by atoms with van der Waals surface area (Å²) in [6.07, 6.45) is 6.73. The molecule has 41 heavy (non-hydrogen) atoms. The minimum Gasteiger partial charge on any atom is -0.379 e. The Hall–Kier alpha value is -3.39. The number of sulfonamides is 1. The van der Waals surface area contributed by atoms with Gasteiger partial charge >= 0.3 is 0 Å². The van der Waals surface area contributed by atoms with Crippen LogP contribution in [0.15, 0.2) is 60.7 Å². The number of anilines is 2. The molecule has 0 unspecified atom stereocenters. The molecule has 2 aliphatic carbocycles. The Labute approximate surface area is 244 Å². The van der Waals surface area contributed by atoms with Crippen LogP contribution >= 0.6 is 0 Å². The van der Waals surface area contributed by atoms with Gasteiger partial charge in [-0.25, -0.2) is 8.42 Å². The molecule has 2 aliphatic rings. The number of nitrogens with one attached hydrogen (secondary N) is 2. The predicted molar refractivity (Wildman–Crippen MR) is 167 cm³/mol. The first-order valence-electron chi connectivity index (χ1n) is 14.5. The number of hydrogen-bond donors (Lipinski definition) is 2. The summed E-state index contributed by atoms with van der Waals surface area (Å²) < 4.78 is 25.4. The van der Waals surface area contributed by atoms with Gasteiger partial charge in [0, 0.05) is 18.3 Å². The van der Waals surface area contributed by atoms with Crippen molar-refractivity contribution < 1.29 is 13.3 Å². The lowest BCUT2D eigenvalue weighted by molar-refractivity contribution is -0.383. The van der Waals surface area contributed by atoms with Gasteiger partial charge in [0.15, 0.2) is 0 Å². The van der Waals surface area contributed by atoms with E-state index in [2.05, 4.69) is 55.9 Å². The molecule has 1 fully saturated rings. The summed E-state index contributed by atoms with van der Waals surface area (Å²) in [6.45, 7) is 9.98. The van der Waals surface area contributed by atoms with Crippen LogP contribution in [0.25, 0.3) is 11.1 Å². The molecular weight excluding hydrogens is 534 g/mol. The van der Waals surface area contributed by atoms with Gasteiger partial charge in [-0.05, 0) is 94.4 Å². The van der Waals surface area contributed by atoms with Crippen LogP contribution in [-0.4, -0.2) is 26.1 Å². The summed E-state index contributed by atoms with van der Waals surface area (Å²) >= 11 is 0. The maximum absolute atomic E-state index is 12.1. The van der Waals surface area contributed by atoms with Crippen molar-refractivity contribution in [3.8, 4) is 11.1 Å². The second-order valence-corrected chi connectivity index (χ2v) is 14.6. The lowest BCUT2D eigenvalue weighted by atomic mass is 9.49. The molecule has 0 amide bonds. The third-order valence-electron chi connectivity index (χ3n) is 9.57. The van der Waals surface area contributed by atoms with E-state index in [0.29, 0.717) is 35.3 Å². The first kappa shape index (κ1) is 29.1. The molecule has 0 saturated heterocycles. The molecule has 218 valence electrons. The fourth-order valence-corrected chi connectivity index (χ4v) is 8.03. The number of nitro groups is 1. The fourth-order valence-electron chi connectivity index (χ4n) is 7.47. The molecule has 0 heterocycles. The van der Waals surface area contributed by atoms with Gasteiger partial charge in [0.2, 0.25) is 10.0 Å². The lowest BCUT2D eigenvalue weighted by Gasteiger charge is -2.55. The van der Waals surface area contributed by atoms with E-state index in [1.807, 2.05) is 6.07 Å². The van der Waals surface area contributed by atoms with Gasteiger partial charge in [0.05, 0.1) is 11.2 Å². The molecule has 0 bridgehead atoms. The number of fused-ring (bicyclic) bond motifs is 3. The maximum Gasteiger partial charge on any atom is 0.292 e. The topological polar surface area (TPSA) is 101 Å². The zero-order valence-electron chi connectivity index (χ0n) is 24.7. The van der Waals surface area contributed by atoms with Crippen LogP contribution in [0.4, 0.5) is 17.1 Å². The Kier molecular flexibility index (Phi) is 7.66. The SMILES string of the molecule is CC(C)c1ccc2c(c1)CC[C@H]1[C@@](C)(CNc3ccc(-c4ccc(NS(C)(=O)=O)cc4)cc3[N+](=O)[O-])CCC[C@]21C. The van der Waals surface area contributed by atoms with Gasteiger partial charge in [0.1, 0.15) is 5.69 Å². The number of benzene rings is 3. The molecule has 0 radical (unpaired) electrons. The molecule has 0 spiro atoms. The van der Waals surface area contributed by atoms with Crippen LogP contribution in [0, 0.1) is 21.4 Å². The largest absolute Gasteiger partial charge is 0.379 e. The van der Waals surface area contributed by atoms with Gasteiger partial charge in [-0.2, -0.15) is 0 Å². The molecule has 5 rings (SSSR count).